The van der Waals surface area contributed by atoms with Gasteiger partial charge in [-0.3, -0.25) is 4.90 Å². The molecule has 1 aromatic rings. The lowest BCUT2D eigenvalue weighted by molar-refractivity contribution is 0.251. The van der Waals surface area contributed by atoms with Crippen molar-refractivity contribution in [1.82, 2.24) is 4.90 Å². The number of halogens is 1. The molecule has 16 heavy (non-hydrogen) atoms. The minimum atomic E-state index is 0.337. The van der Waals surface area contributed by atoms with Gasteiger partial charge in [0, 0.05) is 29.7 Å². The number of methoxy groups -OCH3 is 1. The molecule has 0 aliphatic heterocycles. The highest BCUT2D eigenvalue weighted by Crippen LogP contribution is 2.24. The zero-order valence-electron chi connectivity index (χ0n) is 10.0. The van der Waals surface area contributed by atoms with Gasteiger partial charge < -0.3 is 10.5 Å². The molecule has 0 bridgehead atoms. The topological polar surface area (TPSA) is 38.5 Å². The number of hydrogen-bond donors (Lipinski definition) is 1. The molecule has 1 unspecified atom stereocenters. The Morgan fingerprint density at radius 3 is 2.75 bits per heavy atom. The van der Waals surface area contributed by atoms with Gasteiger partial charge in [-0.25, -0.2) is 0 Å². The Morgan fingerprint density at radius 2 is 2.19 bits per heavy atom. The SMILES string of the molecule is COc1ccc(Cl)cc1CN(C)C(C)CN. The summed E-state index contributed by atoms with van der Waals surface area (Å²) in [4.78, 5) is 2.17. The maximum absolute atomic E-state index is 5.97. The minimum Gasteiger partial charge on any atom is -0.496 e. The van der Waals surface area contributed by atoms with Crippen molar-refractivity contribution in [3.05, 3.63) is 28.8 Å². The average molecular weight is 243 g/mol. The van der Waals surface area contributed by atoms with Crippen molar-refractivity contribution < 1.29 is 4.74 Å². The fraction of sp³-hybridized carbons (Fsp3) is 0.500. The summed E-state index contributed by atoms with van der Waals surface area (Å²) in [5, 5.41) is 0.726. The first-order valence-electron chi connectivity index (χ1n) is 5.31. The molecule has 0 aliphatic carbocycles. The van der Waals surface area contributed by atoms with E-state index in [1.54, 1.807) is 7.11 Å². The maximum Gasteiger partial charge on any atom is 0.123 e. The molecule has 0 amide bonds. The summed E-state index contributed by atoms with van der Waals surface area (Å²) in [6.45, 7) is 3.51. The number of hydrogen-bond acceptors (Lipinski definition) is 3. The summed E-state index contributed by atoms with van der Waals surface area (Å²) in [7, 11) is 3.71. The molecule has 3 nitrogen and oxygen atoms in total. The van der Waals surface area contributed by atoms with Crippen molar-refractivity contribution in [3.8, 4) is 5.75 Å². The van der Waals surface area contributed by atoms with E-state index in [9.17, 15) is 0 Å². The number of ether oxygens (including phenoxy) is 1. The second-order valence-corrected chi connectivity index (χ2v) is 4.39. The smallest absolute Gasteiger partial charge is 0.123 e. The third-order valence-corrected chi connectivity index (χ3v) is 2.99. The quantitative estimate of drug-likeness (QED) is 0.860. The lowest BCUT2D eigenvalue weighted by atomic mass is 10.1. The zero-order chi connectivity index (χ0) is 12.1. The Hall–Kier alpha value is -0.770. The molecule has 0 aromatic heterocycles. The van der Waals surface area contributed by atoms with E-state index in [0.29, 0.717) is 12.6 Å². The van der Waals surface area contributed by atoms with Crippen LogP contribution in [0.4, 0.5) is 0 Å². The Kier molecular flexibility index (Phi) is 5.06. The molecule has 0 saturated carbocycles. The summed E-state index contributed by atoms with van der Waals surface area (Å²) >= 11 is 5.97. The molecule has 0 spiro atoms. The maximum atomic E-state index is 5.97. The molecule has 90 valence electrons. The minimum absolute atomic E-state index is 0.337. The van der Waals surface area contributed by atoms with Crippen molar-refractivity contribution >= 4 is 11.6 Å². The molecule has 1 aromatic carbocycles. The summed E-state index contributed by atoms with van der Waals surface area (Å²) in [6, 6.07) is 5.98. The van der Waals surface area contributed by atoms with Crippen molar-refractivity contribution in [1.29, 1.82) is 0 Å². The third-order valence-electron chi connectivity index (χ3n) is 2.76. The predicted octanol–water partition coefficient (Wildman–Crippen LogP) is 2.13. The Morgan fingerprint density at radius 1 is 1.50 bits per heavy atom. The monoisotopic (exact) mass is 242 g/mol. The van der Waals surface area contributed by atoms with Gasteiger partial charge in [0.2, 0.25) is 0 Å². The molecule has 0 fully saturated rings. The van der Waals surface area contributed by atoms with E-state index in [0.717, 1.165) is 22.9 Å². The first-order valence-corrected chi connectivity index (χ1v) is 5.69. The number of benzene rings is 1. The van der Waals surface area contributed by atoms with Gasteiger partial charge in [0.15, 0.2) is 0 Å². The fourth-order valence-electron chi connectivity index (χ4n) is 1.48. The molecule has 0 saturated heterocycles. The van der Waals surface area contributed by atoms with Gasteiger partial charge in [0.1, 0.15) is 5.75 Å². The summed E-state index contributed by atoms with van der Waals surface area (Å²) in [5.74, 6) is 0.862. The predicted molar refractivity (Wildman–Crippen MR) is 68.0 cm³/mol. The molecule has 4 heteroatoms. The second kappa shape index (κ2) is 6.09. The van der Waals surface area contributed by atoms with E-state index < -0.39 is 0 Å². The van der Waals surface area contributed by atoms with E-state index in [1.807, 2.05) is 25.2 Å². The van der Waals surface area contributed by atoms with E-state index >= 15 is 0 Å². The van der Waals surface area contributed by atoms with Crippen LogP contribution in [0.2, 0.25) is 5.02 Å². The van der Waals surface area contributed by atoms with Crippen LogP contribution in [0.1, 0.15) is 12.5 Å². The van der Waals surface area contributed by atoms with E-state index in [2.05, 4.69) is 11.8 Å². The zero-order valence-corrected chi connectivity index (χ0v) is 10.8. The standard InChI is InChI=1S/C12H19ClN2O/c1-9(7-14)15(2)8-10-6-11(13)4-5-12(10)16-3/h4-6,9H,7-8,14H2,1-3H3. The van der Waals surface area contributed by atoms with Gasteiger partial charge in [-0.2, -0.15) is 0 Å². The van der Waals surface area contributed by atoms with Crippen LogP contribution in [-0.4, -0.2) is 31.6 Å². The van der Waals surface area contributed by atoms with Gasteiger partial charge in [0.05, 0.1) is 7.11 Å². The van der Waals surface area contributed by atoms with Gasteiger partial charge in [0.25, 0.3) is 0 Å². The van der Waals surface area contributed by atoms with Crippen LogP contribution in [-0.2, 0) is 6.54 Å². The summed E-state index contributed by atoms with van der Waals surface area (Å²) < 4.78 is 5.30. The number of rotatable bonds is 5. The Balaban J connectivity index is 2.82. The van der Waals surface area contributed by atoms with Crippen molar-refractivity contribution in [2.24, 2.45) is 5.73 Å². The second-order valence-electron chi connectivity index (χ2n) is 3.96. The average Bonchev–Trinajstić information content (AvgIpc) is 2.28. The van der Waals surface area contributed by atoms with Crippen LogP contribution in [0.15, 0.2) is 18.2 Å². The number of likely N-dealkylation sites (N-methyl/N-ethyl adjacent to an activating group) is 1. The molecule has 0 heterocycles. The molecule has 1 rings (SSSR count). The van der Waals surface area contributed by atoms with Crippen LogP contribution < -0.4 is 10.5 Å². The fourth-order valence-corrected chi connectivity index (χ4v) is 1.67. The van der Waals surface area contributed by atoms with E-state index in [-0.39, 0.29) is 0 Å². The first kappa shape index (κ1) is 13.3. The van der Waals surface area contributed by atoms with E-state index in [1.165, 1.54) is 0 Å². The highest BCUT2D eigenvalue weighted by Gasteiger charge is 2.11. The Labute approximate surface area is 102 Å². The molecule has 1 atom stereocenters. The molecular weight excluding hydrogens is 224 g/mol. The van der Waals surface area contributed by atoms with Gasteiger partial charge >= 0.3 is 0 Å². The van der Waals surface area contributed by atoms with Crippen LogP contribution >= 0.6 is 11.6 Å². The van der Waals surface area contributed by atoms with Crippen molar-refractivity contribution in [2.75, 3.05) is 20.7 Å². The summed E-state index contributed by atoms with van der Waals surface area (Å²) in [6.07, 6.45) is 0. The largest absolute Gasteiger partial charge is 0.496 e. The van der Waals surface area contributed by atoms with Gasteiger partial charge in [-0.15, -0.1) is 0 Å². The van der Waals surface area contributed by atoms with Crippen LogP contribution in [0, 0.1) is 0 Å². The molecule has 2 N–H and O–H groups in total. The normalized spacial score (nSPS) is 12.9. The molecule has 0 radical (unpaired) electrons. The highest BCUT2D eigenvalue weighted by molar-refractivity contribution is 6.30. The van der Waals surface area contributed by atoms with Crippen LogP contribution in [0.5, 0.6) is 5.75 Å². The van der Waals surface area contributed by atoms with Crippen LogP contribution in [0.3, 0.4) is 0 Å². The lowest BCUT2D eigenvalue weighted by Gasteiger charge is -2.24. The molecule has 0 aliphatic rings. The first-order chi connectivity index (χ1) is 7.58. The van der Waals surface area contributed by atoms with Gasteiger partial charge in [-0.05, 0) is 32.2 Å². The Bertz CT molecular complexity index is 344. The lowest BCUT2D eigenvalue weighted by Crippen LogP contribution is -2.34. The van der Waals surface area contributed by atoms with Gasteiger partial charge in [-0.1, -0.05) is 11.6 Å². The van der Waals surface area contributed by atoms with Crippen LogP contribution in [0.25, 0.3) is 0 Å². The van der Waals surface area contributed by atoms with Crippen molar-refractivity contribution in [2.45, 2.75) is 19.5 Å². The third kappa shape index (κ3) is 3.37. The number of nitrogens with two attached hydrogens (primary N) is 1. The molecular formula is C12H19ClN2O. The number of nitrogens with zero attached hydrogens (tertiary/aromatic N) is 1. The highest BCUT2D eigenvalue weighted by atomic mass is 35.5. The van der Waals surface area contributed by atoms with Crippen molar-refractivity contribution in [3.63, 3.8) is 0 Å². The summed E-state index contributed by atoms with van der Waals surface area (Å²) in [5.41, 5.74) is 6.71. The van der Waals surface area contributed by atoms with E-state index in [4.69, 9.17) is 22.1 Å².